The highest BCUT2D eigenvalue weighted by Gasteiger charge is 2.45. The van der Waals surface area contributed by atoms with Crippen molar-refractivity contribution in [3.63, 3.8) is 0 Å². The van der Waals surface area contributed by atoms with Crippen LogP contribution in [0.5, 0.6) is 5.75 Å². The molecule has 1 aliphatic carbocycles. The maximum Gasteiger partial charge on any atom is 0.573 e. The Labute approximate surface area is 179 Å². The van der Waals surface area contributed by atoms with Gasteiger partial charge in [-0.05, 0) is 30.9 Å². The van der Waals surface area contributed by atoms with E-state index in [1.807, 2.05) is 0 Å². The molecule has 3 atom stereocenters. The zero-order valence-electron chi connectivity index (χ0n) is 15.7. The summed E-state index contributed by atoms with van der Waals surface area (Å²) in [4.78, 5) is 6.63. The van der Waals surface area contributed by atoms with Crippen molar-refractivity contribution in [3.8, 4) is 5.75 Å². The molecule has 1 aromatic rings. The third-order valence-electron chi connectivity index (χ3n) is 5.78. The minimum atomic E-state index is -4.68. The number of hydrogen-bond acceptors (Lipinski definition) is 3. The van der Waals surface area contributed by atoms with Crippen molar-refractivity contribution in [3.05, 3.63) is 29.8 Å². The number of para-hydroxylation sites is 1. The average Bonchev–Trinajstić information content (AvgIpc) is 3.03. The molecular weight excluding hydrogens is 486 g/mol. The van der Waals surface area contributed by atoms with Gasteiger partial charge in [-0.15, -0.1) is 37.1 Å². The van der Waals surface area contributed by atoms with E-state index in [2.05, 4.69) is 19.9 Å². The molecule has 2 aliphatic heterocycles. The minimum Gasteiger partial charge on any atom is -0.405 e. The predicted octanol–water partition coefficient (Wildman–Crippen LogP) is 3.75. The smallest absolute Gasteiger partial charge is 0.405 e. The van der Waals surface area contributed by atoms with E-state index in [9.17, 15) is 13.2 Å². The molecule has 0 amide bonds. The summed E-state index contributed by atoms with van der Waals surface area (Å²) in [6, 6.07) is 6.45. The molecule has 0 aromatic heterocycles. The molecule has 2 heterocycles. The second kappa shape index (κ2) is 8.25. The molecule has 1 saturated carbocycles. The Morgan fingerprint density at radius 2 is 2.11 bits per heavy atom. The molecule has 1 aromatic carbocycles. The molecule has 4 rings (SSSR count). The van der Waals surface area contributed by atoms with Crippen LogP contribution in [0, 0.1) is 5.41 Å². The van der Waals surface area contributed by atoms with E-state index in [-0.39, 0.29) is 47.1 Å². The van der Waals surface area contributed by atoms with Crippen LogP contribution in [0.1, 0.15) is 30.7 Å². The van der Waals surface area contributed by atoms with Crippen molar-refractivity contribution in [1.82, 2.24) is 10.2 Å². The van der Waals surface area contributed by atoms with Gasteiger partial charge in [-0.3, -0.25) is 4.99 Å². The number of benzene rings is 1. The maximum absolute atomic E-state index is 12.6. The molecule has 28 heavy (non-hydrogen) atoms. The second-order valence-electron chi connectivity index (χ2n) is 7.70. The number of nitrogens with zero attached hydrogens (tertiary/aromatic N) is 2. The lowest BCUT2D eigenvalue weighted by Crippen LogP contribution is -2.42. The van der Waals surface area contributed by atoms with Crippen molar-refractivity contribution in [2.75, 3.05) is 33.4 Å². The number of hydrogen-bond donors (Lipinski definition) is 1. The summed E-state index contributed by atoms with van der Waals surface area (Å²) in [7, 11) is 1.75. The number of rotatable bonds is 3. The molecule has 1 N–H and O–H groups in total. The van der Waals surface area contributed by atoms with Crippen LogP contribution in [-0.2, 0) is 4.74 Å². The number of ether oxygens (including phenoxy) is 2. The molecule has 0 radical (unpaired) electrons. The van der Waals surface area contributed by atoms with Crippen LogP contribution >= 0.6 is 24.0 Å². The number of nitrogens with one attached hydrogen (secondary N) is 1. The molecule has 3 unspecified atom stereocenters. The highest BCUT2D eigenvalue weighted by molar-refractivity contribution is 14.0. The molecule has 1 spiro atoms. The number of guanidine groups is 1. The summed E-state index contributed by atoms with van der Waals surface area (Å²) in [5, 5.41) is 3.43. The van der Waals surface area contributed by atoms with E-state index in [0.717, 1.165) is 51.5 Å². The van der Waals surface area contributed by atoms with Crippen LogP contribution in [0.15, 0.2) is 29.3 Å². The van der Waals surface area contributed by atoms with Gasteiger partial charge in [0.25, 0.3) is 0 Å². The zero-order chi connectivity index (χ0) is 19.1. The van der Waals surface area contributed by atoms with Gasteiger partial charge in [0.2, 0.25) is 0 Å². The first-order chi connectivity index (χ1) is 12.9. The molecule has 3 fully saturated rings. The summed E-state index contributed by atoms with van der Waals surface area (Å²) in [5.74, 6) is 0.699. The van der Waals surface area contributed by atoms with Crippen molar-refractivity contribution < 1.29 is 22.6 Å². The van der Waals surface area contributed by atoms with Gasteiger partial charge in [-0.2, -0.15) is 0 Å². The lowest BCUT2D eigenvalue weighted by molar-refractivity contribution is -0.274. The summed E-state index contributed by atoms with van der Waals surface area (Å²) in [6.07, 6.45) is -1.75. The van der Waals surface area contributed by atoms with E-state index in [4.69, 9.17) is 4.74 Å². The highest BCUT2D eigenvalue weighted by Crippen LogP contribution is 2.46. The van der Waals surface area contributed by atoms with Gasteiger partial charge in [0.05, 0.1) is 6.61 Å². The second-order valence-corrected chi connectivity index (χ2v) is 7.70. The molecule has 5 nitrogen and oxygen atoms in total. The molecule has 0 bridgehead atoms. The summed E-state index contributed by atoms with van der Waals surface area (Å²) >= 11 is 0. The summed E-state index contributed by atoms with van der Waals surface area (Å²) < 4.78 is 47.7. The van der Waals surface area contributed by atoms with Crippen molar-refractivity contribution in [1.29, 1.82) is 0 Å². The van der Waals surface area contributed by atoms with Crippen LogP contribution in [0.3, 0.4) is 0 Å². The van der Waals surface area contributed by atoms with E-state index in [1.165, 1.54) is 6.07 Å². The third-order valence-corrected chi connectivity index (χ3v) is 5.78. The zero-order valence-corrected chi connectivity index (χ0v) is 18.0. The largest absolute Gasteiger partial charge is 0.573 e. The van der Waals surface area contributed by atoms with Crippen LogP contribution < -0.4 is 10.1 Å². The van der Waals surface area contributed by atoms with Gasteiger partial charge in [0.15, 0.2) is 5.96 Å². The highest BCUT2D eigenvalue weighted by atomic mass is 127. The third kappa shape index (κ3) is 4.67. The first-order valence-corrected chi connectivity index (χ1v) is 9.30. The molecule has 2 saturated heterocycles. The quantitative estimate of drug-likeness (QED) is 0.382. The Balaban J connectivity index is 0.00000225. The molecule has 9 heteroatoms. The normalized spacial score (nSPS) is 29.7. The van der Waals surface area contributed by atoms with E-state index < -0.39 is 6.36 Å². The minimum absolute atomic E-state index is 0. The van der Waals surface area contributed by atoms with Gasteiger partial charge >= 0.3 is 6.36 Å². The first-order valence-electron chi connectivity index (χ1n) is 9.30. The van der Waals surface area contributed by atoms with Crippen LogP contribution in [0.4, 0.5) is 13.2 Å². The fraction of sp³-hybridized carbons (Fsp3) is 0.632. The van der Waals surface area contributed by atoms with Crippen molar-refractivity contribution >= 4 is 29.9 Å². The number of halogens is 4. The number of alkyl halides is 3. The fourth-order valence-corrected chi connectivity index (χ4v) is 4.25. The first kappa shape index (κ1) is 21.5. The molecule has 156 valence electrons. The van der Waals surface area contributed by atoms with Crippen LogP contribution in [0.2, 0.25) is 0 Å². The van der Waals surface area contributed by atoms with Gasteiger partial charge in [-0.1, -0.05) is 18.2 Å². The lowest BCUT2D eigenvalue weighted by Gasteiger charge is -2.25. The van der Waals surface area contributed by atoms with Crippen LogP contribution in [-0.4, -0.2) is 56.6 Å². The topological polar surface area (TPSA) is 46.1 Å². The lowest BCUT2D eigenvalue weighted by atomic mass is 9.87. The standard InChI is InChI=1S/C19H24F3N3O2.HI/c1-23-17(25-8-6-18(11-25)7-9-26-12-18)24-15-10-14(15)13-4-2-3-5-16(13)27-19(20,21)22;/h2-5,14-15H,6-12H2,1H3,(H,23,24);1H. The Bertz CT molecular complexity index is 723. The van der Waals surface area contributed by atoms with E-state index >= 15 is 0 Å². The van der Waals surface area contributed by atoms with Gasteiger partial charge in [-0.25, -0.2) is 0 Å². The number of likely N-dealkylation sites (tertiary alicyclic amines) is 1. The van der Waals surface area contributed by atoms with Crippen molar-refractivity contribution in [2.24, 2.45) is 10.4 Å². The Kier molecular flexibility index (Phi) is 6.33. The van der Waals surface area contributed by atoms with Gasteiger partial charge in [0, 0.05) is 44.1 Å². The predicted molar refractivity (Wildman–Crippen MR) is 110 cm³/mol. The van der Waals surface area contributed by atoms with E-state index in [0.29, 0.717) is 5.56 Å². The Morgan fingerprint density at radius 3 is 2.79 bits per heavy atom. The molecular formula is C19H25F3IN3O2. The average molecular weight is 511 g/mol. The summed E-state index contributed by atoms with van der Waals surface area (Å²) in [5.41, 5.74) is 0.818. The Hall–Kier alpha value is -1.23. The van der Waals surface area contributed by atoms with Crippen LogP contribution in [0.25, 0.3) is 0 Å². The van der Waals surface area contributed by atoms with Crippen molar-refractivity contribution in [2.45, 2.75) is 37.6 Å². The Morgan fingerprint density at radius 1 is 1.32 bits per heavy atom. The summed E-state index contributed by atoms with van der Waals surface area (Å²) in [6.45, 7) is 3.46. The number of aliphatic imine (C=N–C) groups is 1. The molecule has 3 aliphatic rings. The van der Waals surface area contributed by atoms with Gasteiger partial charge < -0.3 is 19.7 Å². The SMILES string of the molecule is CN=C(NC1CC1c1ccccc1OC(F)(F)F)N1CCC2(CCOC2)C1.I. The van der Waals surface area contributed by atoms with E-state index in [1.54, 1.807) is 25.2 Å². The maximum atomic E-state index is 12.6. The monoisotopic (exact) mass is 511 g/mol. The fourth-order valence-electron chi connectivity index (χ4n) is 4.25. The van der Waals surface area contributed by atoms with Gasteiger partial charge in [0.1, 0.15) is 5.75 Å².